The first-order valence-electron chi connectivity index (χ1n) is 5.22. The third-order valence-corrected chi connectivity index (χ3v) is 2.10. The van der Waals surface area contributed by atoms with Gasteiger partial charge in [0.05, 0.1) is 0 Å². The predicted octanol–water partition coefficient (Wildman–Crippen LogP) is 2.20. The number of carbonyl (C=O) groups excluding carboxylic acids is 1. The molecule has 0 aliphatic carbocycles. The van der Waals surface area contributed by atoms with Crippen LogP contribution in [0.15, 0.2) is 36.4 Å². The number of hydrogen-bond donors (Lipinski definition) is 2. The van der Waals surface area contributed by atoms with E-state index in [0.717, 1.165) is 5.69 Å². The summed E-state index contributed by atoms with van der Waals surface area (Å²) in [5.41, 5.74) is 6.89. The van der Waals surface area contributed by atoms with Gasteiger partial charge in [-0.2, -0.15) is 0 Å². The Morgan fingerprint density at radius 1 is 1.44 bits per heavy atom. The van der Waals surface area contributed by atoms with Crippen LogP contribution in [0, 0.1) is 0 Å². The molecule has 1 rings (SSSR count). The Balaban J connectivity index is 2.85. The summed E-state index contributed by atoms with van der Waals surface area (Å²) >= 11 is 0. The first-order chi connectivity index (χ1) is 7.42. The van der Waals surface area contributed by atoms with Gasteiger partial charge >= 0.3 is 0 Å². The van der Waals surface area contributed by atoms with Crippen LogP contribution in [-0.2, 0) is 0 Å². The minimum absolute atomic E-state index is 0.0318. The van der Waals surface area contributed by atoms with Gasteiger partial charge in [0.2, 0.25) is 0 Å². The molecule has 0 bridgehead atoms. The molecule has 0 spiro atoms. The van der Waals surface area contributed by atoms with Gasteiger partial charge in [0, 0.05) is 23.8 Å². The average molecular weight is 218 g/mol. The molecule has 0 saturated carbocycles. The standard InChI is InChI=1S/C13H18N2O/c1-13(2,14)8-7-12(16)10-5-4-6-11(9-10)15-3/h4-9,15H,14H2,1-3H3/b8-7+. The second-order valence-electron chi connectivity index (χ2n) is 4.35. The van der Waals surface area contributed by atoms with Crippen molar-refractivity contribution in [2.45, 2.75) is 19.4 Å². The quantitative estimate of drug-likeness (QED) is 0.601. The van der Waals surface area contributed by atoms with E-state index in [4.69, 9.17) is 5.73 Å². The maximum absolute atomic E-state index is 11.8. The maximum Gasteiger partial charge on any atom is 0.185 e. The predicted molar refractivity (Wildman–Crippen MR) is 67.7 cm³/mol. The molecule has 0 atom stereocenters. The third kappa shape index (κ3) is 3.87. The van der Waals surface area contributed by atoms with Crippen LogP contribution in [0.5, 0.6) is 0 Å². The lowest BCUT2D eigenvalue weighted by molar-refractivity contribution is 0.104. The molecule has 0 aliphatic heterocycles. The molecular formula is C13H18N2O. The van der Waals surface area contributed by atoms with Crippen molar-refractivity contribution >= 4 is 11.5 Å². The van der Waals surface area contributed by atoms with Crippen molar-refractivity contribution in [1.82, 2.24) is 0 Å². The first kappa shape index (κ1) is 12.5. The van der Waals surface area contributed by atoms with Gasteiger partial charge in [0.1, 0.15) is 0 Å². The van der Waals surface area contributed by atoms with Gasteiger partial charge in [0.15, 0.2) is 5.78 Å². The maximum atomic E-state index is 11.8. The van der Waals surface area contributed by atoms with Crippen molar-refractivity contribution in [3.05, 3.63) is 42.0 Å². The van der Waals surface area contributed by atoms with Gasteiger partial charge in [-0.05, 0) is 32.1 Å². The van der Waals surface area contributed by atoms with Crippen molar-refractivity contribution < 1.29 is 4.79 Å². The molecule has 0 radical (unpaired) electrons. The molecule has 3 heteroatoms. The fourth-order valence-corrected chi connectivity index (χ4v) is 1.21. The van der Waals surface area contributed by atoms with Crippen LogP contribution >= 0.6 is 0 Å². The molecule has 1 aromatic carbocycles. The van der Waals surface area contributed by atoms with E-state index in [-0.39, 0.29) is 5.78 Å². The van der Waals surface area contributed by atoms with E-state index in [0.29, 0.717) is 5.56 Å². The van der Waals surface area contributed by atoms with Crippen molar-refractivity contribution in [3.8, 4) is 0 Å². The van der Waals surface area contributed by atoms with Crippen LogP contribution in [0.1, 0.15) is 24.2 Å². The van der Waals surface area contributed by atoms with Crippen LogP contribution in [-0.4, -0.2) is 18.4 Å². The lowest BCUT2D eigenvalue weighted by atomic mass is 10.0. The number of rotatable bonds is 4. The summed E-state index contributed by atoms with van der Waals surface area (Å²) in [7, 11) is 1.82. The van der Waals surface area contributed by atoms with Crippen LogP contribution < -0.4 is 11.1 Å². The summed E-state index contributed by atoms with van der Waals surface area (Å²) in [5.74, 6) is -0.0318. The molecule has 86 valence electrons. The van der Waals surface area contributed by atoms with E-state index in [2.05, 4.69) is 5.32 Å². The molecule has 0 fully saturated rings. The lowest BCUT2D eigenvalue weighted by Gasteiger charge is -2.11. The molecule has 1 aromatic rings. The molecule has 0 amide bonds. The zero-order chi connectivity index (χ0) is 12.2. The number of benzene rings is 1. The fraction of sp³-hybridized carbons (Fsp3) is 0.308. The van der Waals surface area contributed by atoms with E-state index >= 15 is 0 Å². The smallest absolute Gasteiger partial charge is 0.185 e. The Labute approximate surface area is 96.3 Å². The molecule has 0 aliphatic rings. The largest absolute Gasteiger partial charge is 0.388 e. The van der Waals surface area contributed by atoms with E-state index in [1.54, 1.807) is 12.1 Å². The number of anilines is 1. The molecular weight excluding hydrogens is 200 g/mol. The summed E-state index contributed by atoms with van der Waals surface area (Å²) in [6, 6.07) is 7.36. The summed E-state index contributed by atoms with van der Waals surface area (Å²) in [4.78, 5) is 11.8. The summed E-state index contributed by atoms with van der Waals surface area (Å²) in [6.07, 6.45) is 3.23. The second-order valence-corrected chi connectivity index (χ2v) is 4.35. The zero-order valence-corrected chi connectivity index (χ0v) is 9.95. The van der Waals surface area contributed by atoms with Crippen molar-refractivity contribution in [3.63, 3.8) is 0 Å². The van der Waals surface area contributed by atoms with Crippen LogP contribution in [0.2, 0.25) is 0 Å². The van der Waals surface area contributed by atoms with Crippen LogP contribution in [0.3, 0.4) is 0 Å². The Hall–Kier alpha value is -1.61. The SMILES string of the molecule is CNc1cccc(C(=O)/C=C/C(C)(C)N)c1. The zero-order valence-electron chi connectivity index (χ0n) is 9.95. The molecule has 0 heterocycles. The summed E-state index contributed by atoms with van der Waals surface area (Å²) < 4.78 is 0. The highest BCUT2D eigenvalue weighted by Crippen LogP contribution is 2.11. The molecule has 3 nitrogen and oxygen atoms in total. The third-order valence-electron chi connectivity index (χ3n) is 2.10. The van der Waals surface area contributed by atoms with E-state index < -0.39 is 5.54 Å². The first-order valence-corrected chi connectivity index (χ1v) is 5.22. The minimum atomic E-state index is -0.462. The van der Waals surface area contributed by atoms with E-state index in [1.807, 2.05) is 39.1 Å². The normalized spacial score (nSPS) is 11.8. The van der Waals surface area contributed by atoms with Gasteiger partial charge < -0.3 is 11.1 Å². The van der Waals surface area contributed by atoms with Gasteiger partial charge in [-0.3, -0.25) is 4.79 Å². The number of nitrogens with one attached hydrogen (secondary N) is 1. The molecule has 16 heavy (non-hydrogen) atoms. The van der Waals surface area contributed by atoms with Gasteiger partial charge in [-0.15, -0.1) is 0 Å². The van der Waals surface area contributed by atoms with Crippen LogP contribution in [0.4, 0.5) is 5.69 Å². The monoisotopic (exact) mass is 218 g/mol. The number of ketones is 1. The molecule has 0 unspecified atom stereocenters. The Kier molecular flexibility index (Phi) is 3.85. The van der Waals surface area contributed by atoms with E-state index in [9.17, 15) is 4.79 Å². The highest BCUT2D eigenvalue weighted by Gasteiger charge is 2.07. The topological polar surface area (TPSA) is 55.1 Å². The number of carbonyl (C=O) groups is 1. The van der Waals surface area contributed by atoms with Crippen molar-refractivity contribution in [1.29, 1.82) is 0 Å². The number of nitrogens with two attached hydrogens (primary N) is 1. The summed E-state index contributed by atoms with van der Waals surface area (Å²) in [6.45, 7) is 3.70. The van der Waals surface area contributed by atoms with E-state index in [1.165, 1.54) is 6.08 Å². The summed E-state index contributed by atoms with van der Waals surface area (Å²) in [5, 5.41) is 2.99. The molecule has 0 saturated heterocycles. The number of allylic oxidation sites excluding steroid dienone is 1. The van der Waals surface area contributed by atoms with Crippen molar-refractivity contribution in [2.24, 2.45) is 5.73 Å². The number of hydrogen-bond acceptors (Lipinski definition) is 3. The Bertz CT molecular complexity index is 403. The van der Waals surface area contributed by atoms with Crippen molar-refractivity contribution in [2.75, 3.05) is 12.4 Å². The van der Waals surface area contributed by atoms with Gasteiger partial charge in [0.25, 0.3) is 0 Å². The minimum Gasteiger partial charge on any atom is -0.388 e. The highest BCUT2D eigenvalue weighted by atomic mass is 16.1. The lowest BCUT2D eigenvalue weighted by Crippen LogP contribution is -2.28. The van der Waals surface area contributed by atoms with Crippen LogP contribution in [0.25, 0.3) is 0 Å². The second kappa shape index (κ2) is 4.94. The van der Waals surface area contributed by atoms with Gasteiger partial charge in [-0.1, -0.05) is 18.2 Å². The highest BCUT2D eigenvalue weighted by molar-refractivity contribution is 6.05. The molecule has 0 aromatic heterocycles. The fourth-order valence-electron chi connectivity index (χ4n) is 1.21. The average Bonchev–Trinajstić information content (AvgIpc) is 2.25. The van der Waals surface area contributed by atoms with Gasteiger partial charge in [-0.25, -0.2) is 0 Å². The Morgan fingerprint density at radius 3 is 2.69 bits per heavy atom. The molecule has 3 N–H and O–H groups in total. The Morgan fingerprint density at radius 2 is 2.12 bits per heavy atom.